The topological polar surface area (TPSA) is 44.8 Å². The standard InChI is InChI=1S/C12H14O4/c1-14-9-4-3-5-10-12(9)8(7-16-10)6-11(13)15-2/h3-5,8H,6-7H2,1-2H3/t8-/m1/s1. The fourth-order valence-electron chi connectivity index (χ4n) is 1.95. The van der Waals surface area contributed by atoms with E-state index in [4.69, 9.17) is 9.47 Å². The molecule has 0 saturated heterocycles. The fourth-order valence-corrected chi connectivity index (χ4v) is 1.95. The first-order chi connectivity index (χ1) is 7.76. The minimum absolute atomic E-state index is 0.0265. The Morgan fingerprint density at radius 3 is 3.00 bits per heavy atom. The van der Waals surface area contributed by atoms with Crippen molar-refractivity contribution in [3.05, 3.63) is 23.8 Å². The minimum atomic E-state index is -0.229. The van der Waals surface area contributed by atoms with E-state index >= 15 is 0 Å². The highest BCUT2D eigenvalue weighted by molar-refractivity contribution is 5.71. The Kier molecular flexibility index (Phi) is 2.99. The maximum absolute atomic E-state index is 11.3. The lowest BCUT2D eigenvalue weighted by Gasteiger charge is -2.10. The number of rotatable bonds is 3. The number of ether oxygens (including phenoxy) is 3. The number of fused-ring (bicyclic) bond motifs is 1. The Labute approximate surface area is 94.1 Å². The van der Waals surface area contributed by atoms with Crippen molar-refractivity contribution >= 4 is 5.97 Å². The van der Waals surface area contributed by atoms with E-state index in [-0.39, 0.29) is 11.9 Å². The molecule has 1 aromatic carbocycles. The van der Waals surface area contributed by atoms with Gasteiger partial charge in [-0.3, -0.25) is 4.79 Å². The van der Waals surface area contributed by atoms with Gasteiger partial charge in [0.25, 0.3) is 0 Å². The molecule has 1 aliphatic rings. The summed E-state index contributed by atoms with van der Waals surface area (Å²) >= 11 is 0. The van der Waals surface area contributed by atoms with Gasteiger partial charge in [0.15, 0.2) is 0 Å². The van der Waals surface area contributed by atoms with Crippen LogP contribution < -0.4 is 9.47 Å². The van der Waals surface area contributed by atoms with Gasteiger partial charge in [0.2, 0.25) is 0 Å². The summed E-state index contributed by atoms with van der Waals surface area (Å²) in [5.41, 5.74) is 0.968. The normalized spacial score (nSPS) is 17.5. The van der Waals surface area contributed by atoms with E-state index in [2.05, 4.69) is 4.74 Å². The average molecular weight is 222 g/mol. The molecular formula is C12H14O4. The van der Waals surface area contributed by atoms with Crippen molar-refractivity contribution in [2.75, 3.05) is 20.8 Å². The first kappa shape index (κ1) is 10.8. The molecule has 0 spiro atoms. The molecule has 1 aliphatic heterocycles. The summed E-state index contributed by atoms with van der Waals surface area (Å²) in [5.74, 6) is 1.36. The number of benzene rings is 1. The summed E-state index contributed by atoms with van der Waals surface area (Å²) in [6.07, 6.45) is 0.323. The van der Waals surface area contributed by atoms with Crippen molar-refractivity contribution in [2.45, 2.75) is 12.3 Å². The van der Waals surface area contributed by atoms with E-state index < -0.39 is 0 Å². The van der Waals surface area contributed by atoms with Gasteiger partial charge in [0.1, 0.15) is 11.5 Å². The van der Waals surface area contributed by atoms with Crippen molar-refractivity contribution < 1.29 is 19.0 Å². The second-order valence-electron chi connectivity index (χ2n) is 3.66. The van der Waals surface area contributed by atoms with Crippen LogP contribution in [0.5, 0.6) is 11.5 Å². The van der Waals surface area contributed by atoms with Crippen molar-refractivity contribution in [2.24, 2.45) is 0 Å². The predicted molar refractivity (Wildman–Crippen MR) is 57.9 cm³/mol. The Hall–Kier alpha value is -1.71. The summed E-state index contributed by atoms with van der Waals surface area (Å²) in [7, 11) is 3.00. The number of methoxy groups -OCH3 is 2. The van der Waals surface area contributed by atoms with Gasteiger partial charge in [-0.05, 0) is 12.1 Å². The van der Waals surface area contributed by atoms with Crippen LogP contribution in [0.15, 0.2) is 18.2 Å². The highest BCUT2D eigenvalue weighted by Crippen LogP contribution is 2.41. The molecule has 86 valence electrons. The predicted octanol–water partition coefficient (Wildman–Crippen LogP) is 1.73. The highest BCUT2D eigenvalue weighted by atomic mass is 16.5. The molecule has 0 aliphatic carbocycles. The molecule has 1 aromatic rings. The van der Waals surface area contributed by atoms with Crippen LogP contribution in [0.4, 0.5) is 0 Å². The van der Waals surface area contributed by atoms with Gasteiger partial charge < -0.3 is 14.2 Å². The lowest BCUT2D eigenvalue weighted by Crippen LogP contribution is -2.10. The molecule has 0 bridgehead atoms. The van der Waals surface area contributed by atoms with Crippen molar-refractivity contribution in [1.82, 2.24) is 0 Å². The number of hydrogen-bond acceptors (Lipinski definition) is 4. The van der Waals surface area contributed by atoms with E-state index in [0.717, 1.165) is 17.1 Å². The third kappa shape index (κ3) is 1.83. The van der Waals surface area contributed by atoms with Gasteiger partial charge in [-0.2, -0.15) is 0 Å². The second kappa shape index (κ2) is 4.43. The molecule has 0 radical (unpaired) electrons. The molecule has 4 nitrogen and oxygen atoms in total. The minimum Gasteiger partial charge on any atom is -0.496 e. The summed E-state index contributed by atoms with van der Waals surface area (Å²) < 4.78 is 15.4. The third-order valence-electron chi connectivity index (χ3n) is 2.74. The zero-order valence-electron chi connectivity index (χ0n) is 9.36. The molecule has 2 rings (SSSR count). The van der Waals surface area contributed by atoms with Crippen LogP contribution in [-0.2, 0) is 9.53 Å². The molecular weight excluding hydrogens is 208 g/mol. The molecule has 0 saturated carbocycles. The van der Waals surface area contributed by atoms with Crippen molar-refractivity contribution in [3.63, 3.8) is 0 Å². The largest absolute Gasteiger partial charge is 0.496 e. The summed E-state index contributed by atoms with van der Waals surface area (Å²) in [5, 5.41) is 0. The average Bonchev–Trinajstić information content (AvgIpc) is 2.72. The van der Waals surface area contributed by atoms with Gasteiger partial charge in [0.05, 0.1) is 27.2 Å². The van der Waals surface area contributed by atoms with Crippen LogP contribution in [0.3, 0.4) is 0 Å². The SMILES string of the molecule is COC(=O)C[C@@H]1COc2cccc(OC)c21. The Morgan fingerprint density at radius 1 is 1.50 bits per heavy atom. The van der Waals surface area contributed by atoms with Gasteiger partial charge in [-0.1, -0.05) is 6.07 Å². The summed E-state index contributed by atoms with van der Waals surface area (Å²) in [6.45, 7) is 0.505. The quantitative estimate of drug-likeness (QED) is 0.731. The van der Waals surface area contributed by atoms with E-state index in [9.17, 15) is 4.79 Å². The molecule has 16 heavy (non-hydrogen) atoms. The van der Waals surface area contributed by atoms with E-state index in [0.29, 0.717) is 13.0 Å². The zero-order valence-corrected chi connectivity index (χ0v) is 9.36. The Bertz CT molecular complexity index is 400. The van der Waals surface area contributed by atoms with Crippen LogP contribution in [-0.4, -0.2) is 26.8 Å². The lowest BCUT2D eigenvalue weighted by molar-refractivity contribution is -0.141. The van der Waals surface area contributed by atoms with Crippen LogP contribution in [0, 0.1) is 0 Å². The molecule has 1 atom stereocenters. The van der Waals surface area contributed by atoms with Crippen LogP contribution in [0.25, 0.3) is 0 Å². The molecule has 1 heterocycles. The second-order valence-corrected chi connectivity index (χ2v) is 3.66. The summed E-state index contributed by atoms with van der Waals surface area (Å²) in [4.78, 5) is 11.3. The van der Waals surface area contributed by atoms with Crippen molar-refractivity contribution in [3.8, 4) is 11.5 Å². The maximum Gasteiger partial charge on any atom is 0.306 e. The molecule has 4 heteroatoms. The van der Waals surface area contributed by atoms with Crippen LogP contribution >= 0.6 is 0 Å². The third-order valence-corrected chi connectivity index (χ3v) is 2.74. The maximum atomic E-state index is 11.3. The van der Waals surface area contributed by atoms with Crippen LogP contribution in [0.1, 0.15) is 17.9 Å². The monoisotopic (exact) mass is 222 g/mol. The fraction of sp³-hybridized carbons (Fsp3) is 0.417. The lowest BCUT2D eigenvalue weighted by atomic mass is 9.97. The van der Waals surface area contributed by atoms with Gasteiger partial charge in [-0.25, -0.2) is 0 Å². The van der Waals surface area contributed by atoms with Gasteiger partial charge in [-0.15, -0.1) is 0 Å². The molecule has 0 amide bonds. The Morgan fingerprint density at radius 2 is 2.31 bits per heavy atom. The number of esters is 1. The van der Waals surface area contributed by atoms with Gasteiger partial charge >= 0.3 is 5.97 Å². The number of carbonyl (C=O) groups is 1. The van der Waals surface area contributed by atoms with E-state index in [1.165, 1.54) is 7.11 Å². The van der Waals surface area contributed by atoms with Crippen molar-refractivity contribution in [1.29, 1.82) is 0 Å². The molecule has 0 aromatic heterocycles. The first-order valence-electron chi connectivity index (χ1n) is 5.12. The van der Waals surface area contributed by atoms with E-state index in [1.807, 2.05) is 18.2 Å². The zero-order chi connectivity index (χ0) is 11.5. The van der Waals surface area contributed by atoms with Gasteiger partial charge in [0, 0.05) is 11.5 Å². The smallest absolute Gasteiger partial charge is 0.306 e. The van der Waals surface area contributed by atoms with Crippen LogP contribution in [0.2, 0.25) is 0 Å². The highest BCUT2D eigenvalue weighted by Gasteiger charge is 2.29. The number of hydrogen-bond donors (Lipinski definition) is 0. The molecule has 0 unspecified atom stereocenters. The summed E-state index contributed by atoms with van der Waals surface area (Å²) in [6, 6.07) is 5.63. The molecule has 0 N–H and O–H groups in total. The number of carbonyl (C=O) groups excluding carboxylic acids is 1. The Balaban J connectivity index is 2.27. The van der Waals surface area contributed by atoms with E-state index in [1.54, 1.807) is 7.11 Å². The molecule has 0 fully saturated rings. The first-order valence-corrected chi connectivity index (χ1v) is 5.12.